The molecule has 1 fully saturated rings. The Labute approximate surface area is 194 Å². The van der Waals surface area contributed by atoms with Crippen LogP contribution >= 0.6 is 0 Å². The fourth-order valence-corrected chi connectivity index (χ4v) is 5.05. The molecule has 0 amide bonds. The van der Waals surface area contributed by atoms with Crippen molar-refractivity contribution in [2.24, 2.45) is 0 Å². The van der Waals surface area contributed by atoms with Gasteiger partial charge in [0.25, 0.3) is 5.56 Å². The highest BCUT2D eigenvalue weighted by Gasteiger charge is 2.29. The number of hydrogen-bond donors (Lipinski definition) is 0. The Bertz CT molecular complexity index is 1170. The fourth-order valence-electron chi connectivity index (χ4n) is 5.05. The molecule has 0 N–H and O–H groups in total. The maximum Gasteiger partial charge on any atom is 0.280 e. The van der Waals surface area contributed by atoms with E-state index in [1.165, 1.54) is 10.1 Å². The van der Waals surface area contributed by atoms with Gasteiger partial charge in [-0.15, -0.1) is 5.10 Å². The molecule has 2 aliphatic heterocycles. The molecule has 4 heterocycles. The van der Waals surface area contributed by atoms with Crippen molar-refractivity contribution in [1.82, 2.24) is 29.0 Å². The number of benzene rings is 1. The van der Waals surface area contributed by atoms with Crippen LogP contribution in [0.5, 0.6) is 0 Å². The van der Waals surface area contributed by atoms with Crippen molar-refractivity contribution in [1.29, 1.82) is 0 Å². The molecule has 0 bridgehead atoms. The Hall–Kier alpha value is -2.75. The van der Waals surface area contributed by atoms with Gasteiger partial charge in [-0.25, -0.2) is 0 Å². The van der Waals surface area contributed by atoms with E-state index in [0.717, 1.165) is 50.4 Å². The van der Waals surface area contributed by atoms with E-state index in [-0.39, 0.29) is 11.6 Å². The van der Waals surface area contributed by atoms with Gasteiger partial charge in [-0.3, -0.25) is 9.69 Å². The Morgan fingerprint density at radius 2 is 1.88 bits per heavy atom. The lowest BCUT2D eigenvalue weighted by molar-refractivity contribution is 0.122. The molecule has 2 aliphatic rings. The summed E-state index contributed by atoms with van der Waals surface area (Å²) in [4.78, 5) is 25.1. The Kier molecular flexibility index (Phi) is 6.18. The number of aromatic nitrogens is 4. The van der Waals surface area contributed by atoms with Crippen LogP contribution in [0.4, 0.5) is 5.95 Å². The maximum absolute atomic E-state index is 13.6. The van der Waals surface area contributed by atoms with Crippen LogP contribution in [0, 0.1) is 0 Å². The highest BCUT2D eigenvalue weighted by Crippen LogP contribution is 2.24. The van der Waals surface area contributed by atoms with E-state index < -0.39 is 0 Å². The number of fused-ring (bicyclic) bond motifs is 2. The van der Waals surface area contributed by atoms with Gasteiger partial charge in [-0.2, -0.15) is 9.50 Å². The summed E-state index contributed by atoms with van der Waals surface area (Å²) >= 11 is 0. The Balaban J connectivity index is 1.57. The molecule has 9 heteroatoms. The number of anilines is 1. The molecule has 5 rings (SSSR count). The van der Waals surface area contributed by atoms with Crippen molar-refractivity contribution in [3.8, 4) is 0 Å². The molecule has 3 aromatic rings. The first-order valence-corrected chi connectivity index (χ1v) is 11.8. The van der Waals surface area contributed by atoms with Crippen LogP contribution < -0.4 is 10.5 Å². The lowest BCUT2D eigenvalue weighted by Crippen LogP contribution is -2.40. The van der Waals surface area contributed by atoms with Gasteiger partial charge in [0.2, 0.25) is 11.7 Å². The molecule has 33 heavy (non-hydrogen) atoms. The fraction of sp³-hybridized carbons (Fsp3) is 0.542. The van der Waals surface area contributed by atoms with Gasteiger partial charge >= 0.3 is 0 Å². The molecule has 1 atom stereocenters. The van der Waals surface area contributed by atoms with E-state index in [4.69, 9.17) is 9.72 Å². The van der Waals surface area contributed by atoms with Crippen LogP contribution in [0.1, 0.15) is 29.8 Å². The van der Waals surface area contributed by atoms with E-state index in [1.54, 1.807) is 0 Å². The molecule has 0 spiro atoms. The van der Waals surface area contributed by atoms with Crippen molar-refractivity contribution in [3.63, 3.8) is 0 Å². The molecule has 0 aliphatic carbocycles. The minimum Gasteiger partial charge on any atom is -0.378 e. The third kappa shape index (κ3) is 4.40. The topological polar surface area (TPSA) is 71.1 Å². The summed E-state index contributed by atoms with van der Waals surface area (Å²) in [6, 6.07) is 10.6. The van der Waals surface area contributed by atoms with Crippen LogP contribution in [0.3, 0.4) is 0 Å². The zero-order valence-corrected chi connectivity index (χ0v) is 19.8. The minimum atomic E-state index is -0.0434. The molecule has 1 saturated heterocycles. The van der Waals surface area contributed by atoms with E-state index >= 15 is 0 Å². The number of morpholine rings is 1. The van der Waals surface area contributed by atoms with E-state index in [1.807, 2.05) is 6.07 Å². The molecule has 176 valence electrons. The summed E-state index contributed by atoms with van der Waals surface area (Å²) in [5.41, 5.74) is 3.16. The minimum absolute atomic E-state index is 0.0434. The standard InChI is InChI=1S/C24H33N7O2/c1-18(15-27(2)3)30-21-9-10-28(16-19-7-5-4-6-8-19)17-20(21)22(32)31-24(30)25-23(26-31)29-11-13-33-14-12-29/h4-8,18H,9-17H2,1-3H3. The van der Waals surface area contributed by atoms with Crippen molar-refractivity contribution in [2.45, 2.75) is 32.5 Å². The second kappa shape index (κ2) is 9.24. The van der Waals surface area contributed by atoms with E-state index in [2.05, 4.69) is 69.7 Å². The first-order chi connectivity index (χ1) is 16.0. The highest BCUT2D eigenvalue weighted by molar-refractivity contribution is 5.44. The number of hydrogen-bond acceptors (Lipinski definition) is 7. The average Bonchev–Trinajstić information content (AvgIpc) is 3.26. The number of ether oxygens (including phenoxy) is 1. The third-order valence-electron chi connectivity index (χ3n) is 6.54. The second-order valence-corrected chi connectivity index (χ2v) is 9.38. The van der Waals surface area contributed by atoms with E-state index in [0.29, 0.717) is 31.5 Å². The predicted octanol–water partition coefficient (Wildman–Crippen LogP) is 1.41. The van der Waals surface area contributed by atoms with E-state index in [9.17, 15) is 4.79 Å². The SMILES string of the molecule is CC(CN(C)C)n1c2c(c(=O)n3nc(N4CCOCC4)nc13)CN(Cc1ccccc1)CC2. The highest BCUT2D eigenvalue weighted by atomic mass is 16.5. The zero-order chi connectivity index (χ0) is 22.9. The first kappa shape index (κ1) is 22.1. The van der Waals surface area contributed by atoms with Gasteiger partial charge in [-0.05, 0) is 26.6 Å². The molecule has 1 unspecified atom stereocenters. The molecule has 0 saturated carbocycles. The van der Waals surface area contributed by atoms with Crippen LogP contribution in [0.2, 0.25) is 0 Å². The zero-order valence-electron chi connectivity index (χ0n) is 19.8. The number of rotatable bonds is 6. The quantitative estimate of drug-likeness (QED) is 0.561. The largest absolute Gasteiger partial charge is 0.378 e. The second-order valence-electron chi connectivity index (χ2n) is 9.38. The van der Waals surface area contributed by atoms with Gasteiger partial charge in [0.05, 0.1) is 18.8 Å². The van der Waals surface area contributed by atoms with Gasteiger partial charge in [0, 0.05) is 57.4 Å². The smallest absolute Gasteiger partial charge is 0.280 e. The van der Waals surface area contributed by atoms with Crippen LogP contribution in [0.15, 0.2) is 35.1 Å². The van der Waals surface area contributed by atoms with Crippen molar-refractivity contribution >= 4 is 11.7 Å². The summed E-state index contributed by atoms with van der Waals surface area (Å²) in [5, 5.41) is 4.69. The van der Waals surface area contributed by atoms with Crippen molar-refractivity contribution in [3.05, 3.63) is 57.5 Å². The van der Waals surface area contributed by atoms with Gasteiger partial charge in [0.1, 0.15) is 0 Å². The summed E-state index contributed by atoms with van der Waals surface area (Å²) in [6.07, 6.45) is 0.825. The van der Waals surface area contributed by atoms with Crippen molar-refractivity contribution < 1.29 is 4.74 Å². The van der Waals surface area contributed by atoms with Crippen molar-refractivity contribution in [2.75, 3.05) is 58.4 Å². The normalized spacial score (nSPS) is 18.1. The Morgan fingerprint density at radius 3 is 2.61 bits per heavy atom. The van der Waals surface area contributed by atoms with Crippen LogP contribution in [-0.2, 0) is 24.2 Å². The molecule has 0 radical (unpaired) electrons. The summed E-state index contributed by atoms with van der Waals surface area (Å²) in [5.74, 6) is 1.26. The third-order valence-corrected chi connectivity index (χ3v) is 6.54. The summed E-state index contributed by atoms with van der Waals surface area (Å²) in [6.45, 7) is 8.22. The number of likely N-dealkylation sites (N-methyl/N-ethyl adjacent to an activating group) is 1. The summed E-state index contributed by atoms with van der Waals surface area (Å²) in [7, 11) is 4.15. The average molecular weight is 452 g/mol. The van der Waals surface area contributed by atoms with Gasteiger partial charge in [0.15, 0.2) is 0 Å². The molecule has 9 nitrogen and oxygen atoms in total. The lowest BCUT2D eigenvalue weighted by Gasteiger charge is -2.32. The maximum atomic E-state index is 13.6. The Morgan fingerprint density at radius 1 is 1.12 bits per heavy atom. The monoisotopic (exact) mass is 451 g/mol. The van der Waals surface area contributed by atoms with Gasteiger partial charge < -0.3 is 19.1 Å². The van der Waals surface area contributed by atoms with Gasteiger partial charge in [-0.1, -0.05) is 30.3 Å². The molecule has 2 aromatic heterocycles. The molecule has 1 aromatic carbocycles. The first-order valence-electron chi connectivity index (χ1n) is 11.8. The predicted molar refractivity (Wildman–Crippen MR) is 128 cm³/mol. The van der Waals surface area contributed by atoms with Crippen LogP contribution in [-0.4, -0.2) is 82.5 Å². The van der Waals surface area contributed by atoms with Crippen LogP contribution in [0.25, 0.3) is 5.78 Å². The lowest BCUT2D eigenvalue weighted by atomic mass is 10.0. The summed E-state index contributed by atoms with van der Waals surface area (Å²) < 4.78 is 9.27. The molecular weight excluding hydrogens is 418 g/mol. The molecular formula is C24H33N7O2. The number of nitrogens with zero attached hydrogens (tertiary/aromatic N) is 7.